The number of unbranched alkanes of at least 4 members (excludes halogenated alkanes) is 5. The fraction of sp³-hybridized carbons (Fsp3) is 0.633. The summed E-state index contributed by atoms with van der Waals surface area (Å²) in [4.78, 5) is 127. The van der Waals surface area contributed by atoms with Gasteiger partial charge in [0.1, 0.15) is 54.7 Å². The second-order valence-electron chi connectivity index (χ2n) is 18.7. The van der Waals surface area contributed by atoms with Gasteiger partial charge < -0.3 is 91.3 Å². The summed E-state index contributed by atoms with van der Waals surface area (Å²) in [5.74, 6) is -8.85. The molecule has 1 heterocycles. The molecule has 0 bridgehead atoms. The van der Waals surface area contributed by atoms with Crippen molar-refractivity contribution in [3.8, 4) is 0 Å². The number of nitrogens with two attached hydrogens (primary N) is 5. The highest BCUT2D eigenvalue weighted by Gasteiger charge is 2.38. The summed E-state index contributed by atoms with van der Waals surface area (Å²) >= 11 is 0. The summed E-state index contributed by atoms with van der Waals surface area (Å²) in [5, 5.41) is 52.5. The predicted octanol–water partition coefficient (Wildman–Crippen LogP) is -4.64. The van der Waals surface area contributed by atoms with Crippen molar-refractivity contribution in [1.29, 1.82) is 0 Å². The summed E-state index contributed by atoms with van der Waals surface area (Å²) in [7, 11) is 0. The molecule has 426 valence electrons. The third-order valence-electron chi connectivity index (χ3n) is 11.9. The number of β-amino-alcohol motifs (C(OH)–C–C–N with tert-alkyl or cyclic N) is 1. The summed E-state index contributed by atoms with van der Waals surface area (Å²) in [5.41, 5.74) is 28.6. The van der Waals surface area contributed by atoms with Crippen LogP contribution in [0, 0.1) is 5.92 Å². The number of hydrogen-bond acceptors (Lipinski definition) is 17. The minimum atomic E-state index is -1.95. The number of carbonyl (C=O) groups excluding carboxylic acids is 9. The van der Waals surface area contributed by atoms with Gasteiger partial charge in [-0.2, -0.15) is 0 Å². The van der Waals surface area contributed by atoms with Crippen LogP contribution in [0.5, 0.6) is 0 Å². The molecule has 21 N–H and O–H groups in total. The SMILES string of the molecule is C/C=C1\NC(=O)C(NC(=O)CCCCCCCCC(=O)OCc2ccccc2)C(O)CNC(=O)C(C(O)CN)NC(=O)C(C(O)CN)NC(=O)[C@H](CCCN=C(N)N)NC(=O)[C@H](CC(C)C)NC(=O)[C@H](CCN)NC1=O. The van der Waals surface area contributed by atoms with Gasteiger partial charge in [0.25, 0.3) is 5.91 Å². The van der Waals surface area contributed by atoms with E-state index in [1.54, 1.807) is 13.8 Å². The topological polar surface area (TPSA) is 462 Å². The number of ether oxygens (including phenoxy) is 1. The third-order valence-corrected chi connectivity index (χ3v) is 11.9. The Hall–Kier alpha value is -6.78. The molecule has 0 saturated carbocycles. The van der Waals surface area contributed by atoms with Crippen LogP contribution in [-0.2, 0) is 54.5 Å². The Bertz CT molecular complexity index is 2110. The highest BCUT2D eigenvalue weighted by Crippen LogP contribution is 2.13. The lowest BCUT2D eigenvalue weighted by Gasteiger charge is -2.30. The fourth-order valence-electron chi connectivity index (χ4n) is 7.69. The molecular weight excluding hydrogens is 993 g/mol. The molecule has 2 rings (SSSR count). The van der Waals surface area contributed by atoms with E-state index in [-0.39, 0.29) is 76.1 Å². The highest BCUT2D eigenvalue weighted by atomic mass is 16.5. The Kier molecular flexibility index (Phi) is 30.5. The summed E-state index contributed by atoms with van der Waals surface area (Å²) in [6.07, 6.45) is -0.716. The first kappa shape index (κ1) is 65.3. The van der Waals surface area contributed by atoms with E-state index in [1.807, 2.05) is 30.3 Å². The van der Waals surface area contributed by atoms with Crippen LogP contribution in [-0.4, -0.2) is 162 Å². The van der Waals surface area contributed by atoms with Gasteiger partial charge in [-0.05, 0) is 63.5 Å². The van der Waals surface area contributed by atoms with E-state index < -0.39 is 127 Å². The maximum Gasteiger partial charge on any atom is 0.306 e. The molecule has 1 saturated heterocycles. The number of hydrogen-bond donors (Lipinski definition) is 16. The highest BCUT2D eigenvalue weighted by molar-refractivity contribution is 6.02. The Balaban J connectivity index is 2.45. The van der Waals surface area contributed by atoms with Gasteiger partial charge in [-0.15, -0.1) is 0 Å². The van der Waals surface area contributed by atoms with Crippen molar-refractivity contribution in [2.24, 2.45) is 39.6 Å². The zero-order chi connectivity index (χ0) is 56.7. The lowest BCUT2D eigenvalue weighted by Crippen LogP contribution is -2.64. The van der Waals surface area contributed by atoms with Crippen molar-refractivity contribution in [3.63, 3.8) is 0 Å². The van der Waals surface area contributed by atoms with Crippen LogP contribution in [0.3, 0.4) is 0 Å². The molecule has 0 spiro atoms. The number of rotatable bonds is 24. The lowest BCUT2D eigenvalue weighted by atomic mass is 10.0. The van der Waals surface area contributed by atoms with Crippen molar-refractivity contribution >= 4 is 59.2 Å². The second kappa shape index (κ2) is 35.5. The van der Waals surface area contributed by atoms with Gasteiger partial charge in [-0.3, -0.25) is 48.1 Å². The first-order chi connectivity index (χ1) is 36.1. The van der Waals surface area contributed by atoms with E-state index in [2.05, 4.69) is 47.5 Å². The number of aliphatic hydroxyl groups is 3. The first-order valence-electron chi connectivity index (χ1n) is 25.6. The Morgan fingerprint density at radius 3 is 1.87 bits per heavy atom. The zero-order valence-corrected chi connectivity index (χ0v) is 43.7. The van der Waals surface area contributed by atoms with E-state index in [4.69, 9.17) is 33.4 Å². The van der Waals surface area contributed by atoms with Crippen LogP contribution in [0.1, 0.15) is 103 Å². The molecule has 0 aliphatic carbocycles. The van der Waals surface area contributed by atoms with Crippen LogP contribution in [0.4, 0.5) is 0 Å². The van der Waals surface area contributed by atoms with Crippen LogP contribution in [0.15, 0.2) is 47.1 Å². The van der Waals surface area contributed by atoms with Crippen molar-refractivity contribution in [1.82, 2.24) is 42.5 Å². The van der Waals surface area contributed by atoms with Crippen LogP contribution in [0.25, 0.3) is 0 Å². The van der Waals surface area contributed by atoms with E-state index >= 15 is 0 Å². The molecule has 1 aliphatic rings. The molecule has 6 unspecified atom stereocenters. The number of esters is 1. The normalized spacial score (nSPS) is 23.1. The molecule has 1 aliphatic heterocycles. The van der Waals surface area contributed by atoms with E-state index in [9.17, 15) is 58.5 Å². The maximum atomic E-state index is 14.0. The molecule has 1 fully saturated rings. The van der Waals surface area contributed by atoms with Gasteiger partial charge >= 0.3 is 5.97 Å². The molecule has 1 aromatic rings. The van der Waals surface area contributed by atoms with Crippen molar-refractivity contribution < 1.29 is 63.2 Å². The number of nitrogens with zero attached hydrogens (tertiary/aromatic N) is 1. The molecule has 8 amide bonds. The average molecular weight is 1080 g/mol. The lowest BCUT2D eigenvalue weighted by molar-refractivity contribution is -0.145. The quantitative estimate of drug-likeness (QED) is 0.0152. The number of aliphatic imine (C=N–C) groups is 1. The van der Waals surface area contributed by atoms with Gasteiger partial charge in [0.15, 0.2) is 5.96 Å². The first-order valence-corrected chi connectivity index (χ1v) is 25.6. The molecule has 0 radical (unpaired) electrons. The number of allylic oxidation sites excluding steroid dienone is 1. The van der Waals surface area contributed by atoms with Gasteiger partial charge in [-0.25, -0.2) is 0 Å². The molecule has 1 aromatic carbocycles. The number of benzene rings is 1. The third kappa shape index (κ3) is 24.3. The Morgan fingerprint density at radius 2 is 1.28 bits per heavy atom. The Labute approximate surface area is 442 Å². The molecular formula is C49H82N14O13. The standard InChI is InChI=1S/C49H82N14O13/c1-4-30-42(69)59-32(20-21-50)43(70)60-33(23-28(2)3)45(72)58-31(17-14-22-55-49(53)54)44(71)62-40(35(65)25-52)48(75)63-39(34(64)24-51)46(73)56-26-36(66)41(47(74)57-30)61-37(67)18-12-7-5-6-8-13-19-38(68)76-27-29-15-10-9-11-16-29/h4,9-11,15-16,28,31-36,39-41,64-66H,5-8,12-14,17-27,50-52H2,1-3H3,(H,56,73)(H,57,74)(H,58,72)(H,59,69)(H,60,70)(H,61,67)(H,62,71)(H,63,75)(H4,53,54,55)/b30-4-/t31-,32-,33-,34?,35?,36?,39?,40?,41?/m0/s1. The zero-order valence-electron chi connectivity index (χ0n) is 43.7. The number of amides is 8. The molecule has 27 heteroatoms. The minimum Gasteiger partial charge on any atom is -0.461 e. The molecule has 27 nitrogen and oxygen atoms in total. The molecule has 9 atom stereocenters. The average Bonchev–Trinajstić information content (AvgIpc) is 3.38. The summed E-state index contributed by atoms with van der Waals surface area (Å²) in [6.45, 7) is 2.87. The fourth-order valence-corrected chi connectivity index (χ4v) is 7.69. The van der Waals surface area contributed by atoms with Crippen molar-refractivity contribution in [2.75, 3.05) is 32.7 Å². The molecule has 0 aromatic heterocycles. The summed E-state index contributed by atoms with van der Waals surface area (Å²) < 4.78 is 5.32. The predicted molar refractivity (Wildman–Crippen MR) is 279 cm³/mol. The maximum absolute atomic E-state index is 14.0. The number of nitrogens with one attached hydrogen (secondary N) is 8. The van der Waals surface area contributed by atoms with Crippen molar-refractivity contribution in [3.05, 3.63) is 47.7 Å². The van der Waals surface area contributed by atoms with Crippen LogP contribution in [0.2, 0.25) is 0 Å². The summed E-state index contributed by atoms with van der Waals surface area (Å²) in [6, 6.07) is -0.645. The van der Waals surface area contributed by atoms with Gasteiger partial charge in [0, 0.05) is 39.0 Å². The van der Waals surface area contributed by atoms with Gasteiger partial charge in [0.2, 0.25) is 41.4 Å². The van der Waals surface area contributed by atoms with Crippen LogP contribution < -0.4 is 71.2 Å². The molecule has 76 heavy (non-hydrogen) atoms. The monoisotopic (exact) mass is 1070 g/mol. The smallest absolute Gasteiger partial charge is 0.306 e. The van der Waals surface area contributed by atoms with E-state index in [0.29, 0.717) is 25.7 Å². The number of carbonyl (C=O) groups is 9. The second-order valence-corrected chi connectivity index (χ2v) is 18.7. The van der Waals surface area contributed by atoms with E-state index in [0.717, 1.165) is 18.4 Å². The van der Waals surface area contributed by atoms with E-state index in [1.165, 1.54) is 13.0 Å². The van der Waals surface area contributed by atoms with Gasteiger partial charge in [0.05, 0.1) is 12.2 Å². The van der Waals surface area contributed by atoms with Crippen molar-refractivity contribution in [2.45, 2.75) is 159 Å². The minimum absolute atomic E-state index is 0.00526. The number of aliphatic hydroxyl groups excluding tert-OH is 3. The van der Waals surface area contributed by atoms with Gasteiger partial charge in [-0.1, -0.05) is 75.9 Å². The number of guanidine groups is 1. The van der Waals surface area contributed by atoms with Crippen LogP contribution >= 0.6 is 0 Å². The largest absolute Gasteiger partial charge is 0.461 e. The Morgan fingerprint density at radius 1 is 0.724 bits per heavy atom.